The van der Waals surface area contributed by atoms with E-state index in [-0.39, 0.29) is 45.9 Å². The van der Waals surface area contributed by atoms with Crippen LogP contribution in [0.3, 0.4) is 0 Å². The molecule has 3 aromatic rings. The van der Waals surface area contributed by atoms with E-state index in [2.05, 4.69) is 5.32 Å². The molecule has 4 rings (SSSR count). The first-order chi connectivity index (χ1) is 17.7. The number of methoxy groups -OCH3 is 1. The van der Waals surface area contributed by atoms with Crippen molar-refractivity contribution in [2.75, 3.05) is 19.0 Å². The van der Waals surface area contributed by atoms with Crippen molar-refractivity contribution in [2.45, 2.75) is 20.4 Å². The molecule has 190 valence electrons. The Hall–Kier alpha value is -3.75. The third-order valence-electron chi connectivity index (χ3n) is 5.53. The van der Waals surface area contributed by atoms with Gasteiger partial charge in [-0.05, 0) is 72.6 Å². The lowest BCUT2D eigenvalue weighted by atomic mass is 10.1. The van der Waals surface area contributed by atoms with Gasteiger partial charge in [-0.1, -0.05) is 53.6 Å². The van der Waals surface area contributed by atoms with Gasteiger partial charge in [-0.15, -0.1) is 0 Å². The molecule has 37 heavy (non-hydrogen) atoms. The number of ether oxygens (including phenoxy) is 2. The minimum Gasteiger partial charge on any atom is -0.493 e. The quantitative estimate of drug-likeness (QED) is 0.344. The summed E-state index contributed by atoms with van der Waals surface area (Å²) in [6, 6.07) is 18.3. The van der Waals surface area contributed by atoms with E-state index < -0.39 is 0 Å². The van der Waals surface area contributed by atoms with Crippen molar-refractivity contribution in [2.24, 2.45) is 0 Å². The lowest BCUT2D eigenvalue weighted by molar-refractivity contribution is -0.123. The maximum Gasteiger partial charge on any atom is 0.293 e. The van der Waals surface area contributed by atoms with Crippen molar-refractivity contribution < 1.29 is 23.9 Å². The van der Waals surface area contributed by atoms with E-state index in [0.29, 0.717) is 17.0 Å². The van der Waals surface area contributed by atoms with Crippen LogP contribution in [-0.2, 0) is 16.1 Å². The number of nitrogens with one attached hydrogen (secondary N) is 1. The molecule has 0 aliphatic carbocycles. The summed E-state index contributed by atoms with van der Waals surface area (Å²) in [6.07, 6.45) is 1.59. The molecule has 0 bridgehead atoms. The van der Waals surface area contributed by atoms with E-state index in [9.17, 15) is 14.4 Å². The molecule has 0 radical (unpaired) electrons. The van der Waals surface area contributed by atoms with Gasteiger partial charge in [0.2, 0.25) is 0 Å². The second kappa shape index (κ2) is 11.5. The Morgan fingerprint density at radius 3 is 2.51 bits per heavy atom. The standard InChI is InChI=1S/C28H25ClN2O5S/c1-17-7-9-19(10-8-17)15-31-27(33)24(37-28(31)34)14-20-12-22(29)26(23(13-20)35-3)36-16-25(32)30-21-6-4-5-18(2)11-21/h4-14H,15-16H2,1-3H3,(H,30,32)/b24-14-. The molecule has 7 nitrogen and oxygen atoms in total. The molecule has 1 aliphatic rings. The van der Waals surface area contributed by atoms with Crippen molar-refractivity contribution in [3.8, 4) is 11.5 Å². The predicted octanol–water partition coefficient (Wildman–Crippen LogP) is 6.22. The number of hydrogen-bond donors (Lipinski definition) is 1. The van der Waals surface area contributed by atoms with E-state index in [1.807, 2.05) is 56.3 Å². The van der Waals surface area contributed by atoms with Crippen molar-refractivity contribution in [3.63, 3.8) is 0 Å². The zero-order valence-electron chi connectivity index (χ0n) is 20.5. The summed E-state index contributed by atoms with van der Waals surface area (Å²) in [4.78, 5) is 39.3. The van der Waals surface area contributed by atoms with Gasteiger partial charge in [0.25, 0.3) is 17.1 Å². The van der Waals surface area contributed by atoms with Crippen LogP contribution in [0.5, 0.6) is 11.5 Å². The van der Waals surface area contributed by atoms with E-state index in [4.69, 9.17) is 21.1 Å². The number of halogens is 1. The SMILES string of the molecule is COc1cc(/C=C2\SC(=O)N(Cc3ccc(C)cc3)C2=O)cc(Cl)c1OCC(=O)Nc1cccc(C)c1. The second-order valence-electron chi connectivity index (χ2n) is 8.49. The summed E-state index contributed by atoms with van der Waals surface area (Å²) >= 11 is 7.31. The smallest absolute Gasteiger partial charge is 0.293 e. The average Bonchev–Trinajstić information content (AvgIpc) is 3.11. The highest BCUT2D eigenvalue weighted by Crippen LogP contribution is 2.39. The Morgan fingerprint density at radius 2 is 1.81 bits per heavy atom. The lowest BCUT2D eigenvalue weighted by Gasteiger charge is -2.14. The van der Waals surface area contributed by atoms with Crippen LogP contribution in [-0.4, -0.2) is 35.7 Å². The maximum atomic E-state index is 12.9. The Kier molecular flexibility index (Phi) is 8.21. The van der Waals surface area contributed by atoms with Crippen LogP contribution in [0.25, 0.3) is 6.08 Å². The van der Waals surface area contributed by atoms with Crippen LogP contribution in [0.15, 0.2) is 65.6 Å². The van der Waals surface area contributed by atoms with Crippen LogP contribution in [0.1, 0.15) is 22.3 Å². The van der Waals surface area contributed by atoms with Crippen LogP contribution in [0.2, 0.25) is 5.02 Å². The highest BCUT2D eigenvalue weighted by Gasteiger charge is 2.35. The molecule has 0 unspecified atom stereocenters. The second-order valence-corrected chi connectivity index (χ2v) is 9.89. The molecule has 0 saturated carbocycles. The first-order valence-corrected chi connectivity index (χ1v) is 12.6. The summed E-state index contributed by atoms with van der Waals surface area (Å²) in [5.41, 5.74) is 4.21. The highest BCUT2D eigenvalue weighted by molar-refractivity contribution is 8.18. The monoisotopic (exact) mass is 536 g/mol. The molecule has 0 atom stereocenters. The Morgan fingerprint density at radius 1 is 1.05 bits per heavy atom. The fraction of sp³-hybridized carbons (Fsp3) is 0.179. The van der Waals surface area contributed by atoms with Crippen LogP contribution in [0.4, 0.5) is 10.5 Å². The number of imide groups is 1. The van der Waals surface area contributed by atoms with Crippen molar-refractivity contribution >= 4 is 52.2 Å². The fourth-order valence-corrected chi connectivity index (χ4v) is 4.80. The van der Waals surface area contributed by atoms with E-state index in [1.54, 1.807) is 24.3 Å². The van der Waals surface area contributed by atoms with Gasteiger partial charge >= 0.3 is 0 Å². The number of amides is 3. The van der Waals surface area contributed by atoms with Crippen molar-refractivity contribution in [1.82, 2.24) is 4.90 Å². The van der Waals surface area contributed by atoms with Crippen LogP contribution >= 0.6 is 23.4 Å². The summed E-state index contributed by atoms with van der Waals surface area (Å²) in [7, 11) is 1.45. The van der Waals surface area contributed by atoms with Gasteiger partial charge in [0.05, 0.1) is 23.6 Å². The summed E-state index contributed by atoms with van der Waals surface area (Å²) in [5.74, 6) is -0.233. The molecule has 1 fully saturated rings. The molecule has 0 spiro atoms. The molecule has 3 amide bonds. The number of carbonyl (C=O) groups is 3. The third-order valence-corrected chi connectivity index (χ3v) is 6.72. The van der Waals surface area contributed by atoms with Gasteiger partial charge < -0.3 is 14.8 Å². The van der Waals surface area contributed by atoms with Crippen molar-refractivity contribution in [1.29, 1.82) is 0 Å². The number of thioether (sulfide) groups is 1. The topological polar surface area (TPSA) is 84.9 Å². The molecule has 1 saturated heterocycles. The number of rotatable bonds is 8. The number of hydrogen-bond acceptors (Lipinski definition) is 6. The number of aryl methyl sites for hydroxylation is 2. The van der Waals surface area contributed by atoms with Crippen molar-refractivity contribution in [3.05, 3.63) is 92.8 Å². The van der Waals surface area contributed by atoms with E-state index in [0.717, 1.165) is 28.5 Å². The molecule has 1 aliphatic heterocycles. The lowest BCUT2D eigenvalue weighted by Crippen LogP contribution is -2.27. The Balaban J connectivity index is 1.46. The summed E-state index contributed by atoms with van der Waals surface area (Å²) < 4.78 is 11.1. The molecule has 1 N–H and O–H groups in total. The number of benzene rings is 3. The van der Waals surface area contributed by atoms with Gasteiger partial charge in [0.1, 0.15) is 0 Å². The van der Waals surface area contributed by atoms with Gasteiger partial charge in [0.15, 0.2) is 18.1 Å². The normalized spacial score (nSPS) is 14.3. The number of carbonyl (C=O) groups excluding carboxylic acids is 3. The minimum atomic E-state index is -0.376. The fourth-order valence-electron chi connectivity index (χ4n) is 3.68. The minimum absolute atomic E-state index is 0.198. The molecule has 9 heteroatoms. The summed E-state index contributed by atoms with van der Waals surface area (Å²) in [5, 5.41) is 2.63. The Bertz CT molecular complexity index is 1390. The van der Waals surface area contributed by atoms with E-state index >= 15 is 0 Å². The Labute approximate surface area is 224 Å². The molecule has 3 aromatic carbocycles. The molecular formula is C28H25ClN2O5S. The van der Waals surface area contributed by atoms with Crippen LogP contribution in [0, 0.1) is 13.8 Å². The van der Waals surface area contributed by atoms with Gasteiger partial charge in [0, 0.05) is 5.69 Å². The zero-order chi connectivity index (χ0) is 26.5. The van der Waals surface area contributed by atoms with Gasteiger partial charge in [-0.25, -0.2) is 0 Å². The largest absolute Gasteiger partial charge is 0.493 e. The first kappa shape index (κ1) is 26.3. The van der Waals surface area contributed by atoms with Gasteiger partial charge in [-0.3, -0.25) is 19.3 Å². The molecular weight excluding hydrogens is 512 g/mol. The van der Waals surface area contributed by atoms with E-state index in [1.165, 1.54) is 12.0 Å². The number of nitrogens with zero attached hydrogens (tertiary/aromatic N) is 1. The highest BCUT2D eigenvalue weighted by atomic mass is 35.5. The van der Waals surface area contributed by atoms with Crippen LogP contribution < -0.4 is 14.8 Å². The predicted molar refractivity (Wildman–Crippen MR) is 146 cm³/mol. The zero-order valence-corrected chi connectivity index (χ0v) is 22.1. The number of anilines is 1. The average molecular weight is 537 g/mol. The molecule has 1 heterocycles. The molecule has 0 aromatic heterocycles. The summed E-state index contributed by atoms with van der Waals surface area (Å²) in [6.45, 7) is 3.83. The third kappa shape index (κ3) is 6.53. The first-order valence-electron chi connectivity index (χ1n) is 11.4. The van der Waals surface area contributed by atoms with Gasteiger partial charge in [-0.2, -0.15) is 0 Å². The maximum absolute atomic E-state index is 12.9.